The number of rotatable bonds is 0. The maximum atomic E-state index is 10.2. The van der Waals surface area contributed by atoms with Crippen LogP contribution in [-0.4, -0.2) is 12.5 Å². The van der Waals surface area contributed by atoms with Crippen molar-refractivity contribution in [3.63, 3.8) is 0 Å². The first kappa shape index (κ1) is 4.20. The summed E-state index contributed by atoms with van der Waals surface area (Å²) in [6.07, 6.45) is 0.797. The fourth-order valence-electron chi connectivity index (χ4n) is 0.426. The van der Waals surface area contributed by atoms with Crippen molar-refractivity contribution in [1.82, 2.24) is 5.32 Å². The first-order chi connectivity index (χ1) is 3.39. The average molecular weight is 95.1 g/mol. The van der Waals surface area contributed by atoms with Crippen LogP contribution in [0, 0.1) is 11.8 Å². The summed E-state index contributed by atoms with van der Waals surface area (Å²) in [4.78, 5) is 10.2. The summed E-state index contributed by atoms with van der Waals surface area (Å²) in [6.45, 7) is 0.714. The van der Waals surface area contributed by atoms with E-state index in [4.69, 9.17) is 0 Å². The van der Waals surface area contributed by atoms with Crippen molar-refractivity contribution < 1.29 is 4.79 Å². The van der Waals surface area contributed by atoms with Gasteiger partial charge < -0.3 is 5.32 Å². The Balaban J connectivity index is 2.62. The predicted molar refractivity (Wildman–Crippen MR) is 25.4 cm³/mol. The van der Waals surface area contributed by atoms with Gasteiger partial charge in [-0.15, -0.1) is 0 Å². The van der Waals surface area contributed by atoms with Gasteiger partial charge >= 0.3 is 0 Å². The summed E-state index contributed by atoms with van der Waals surface area (Å²) in [6, 6.07) is 0. The van der Waals surface area contributed by atoms with Gasteiger partial charge in [0, 0.05) is 13.0 Å². The van der Waals surface area contributed by atoms with Gasteiger partial charge in [-0.1, -0.05) is 5.92 Å². The van der Waals surface area contributed by atoms with Crippen LogP contribution in [0.4, 0.5) is 0 Å². The van der Waals surface area contributed by atoms with Crippen LogP contribution >= 0.6 is 0 Å². The molecule has 1 aliphatic heterocycles. The lowest BCUT2D eigenvalue weighted by molar-refractivity contribution is -0.115. The van der Waals surface area contributed by atoms with E-state index < -0.39 is 0 Å². The fraction of sp³-hybridized carbons (Fsp3) is 0.400. The van der Waals surface area contributed by atoms with Gasteiger partial charge in [0.15, 0.2) is 0 Å². The second-order valence-corrected chi connectivity index (χ2v) is 1.31. The highest BCUT2D eigenvalue weighted by Crippen LogP contribution is 1.77. The largest absolute Gasteiger partial charge is 0.344 e. The molecule has 2 heteroatoms. The predicted octanol–water partition coefficient (Wildman–Crippen LogP) is -0.490. The second-order valence-electron chi connectivity index (χ2n) is 1.31. The van der Waals surface area contributed by atoms with Crippen molar-refractivity contribution in [2.24, 2.45) is 0 Å². The van der Waals surface area contributed by atoms with Crippen molar-refractivity contribution in [3.8, 4) is 11.8 Å². The van der Waals surface area contributed by atoms with Crippen LogP contribution < -0.4 is 5.32 Å². The van der Waals surface area contributed by atoms with Crippen LogP contribution in [0.2, 0.25) is 0 Å². The summed E-state index contributed by atoms with van der Waals surface area (Å²) >= 11 is 0. The lowest BCUT2D eigenvalue weighted by Gasteiger charge is -1.97. The van der Waals surface area contributed by atoms with E-state index in [0.29, 0.717) is 6.54 Å². The zero-order valence-electron chi connectivity index (χ0n) is 3.82. The molecule has 0 saturated heterocycles. The van der Waals surface area contributed by atoms with Crippen LogP contribution in [0.15, 0.2) is 0 Å². The zero-order chi connectivity index (χ0) is 5.11. The molecule has 2 nitrogen and oxygen atoms in total. The Morgan fingerprint density at radius 2 is 2.57 bits per heavy atom. The van der Waals surface area contributed by atoms with Crippen molar-refractivity contribution in [2.45, 2.75) is 6.42 Å². The molecule has 0 atom stereocenters. The number of nitrogens with one attached hydrogen (secondary N) is 1. The van der Waals surface area contributed by atoms with Gasteiger partial charge in [0.1, 0.15) is 0 Å². The van der Waals surface area contributed by atoms with Crippen molar-refractivity contribution in [1.29, 1.82) is 0 Å². The Hall–Kier alpha value is -0.970. The van der Waals surface area contributed by atoms with E-state index in [1.165, 1.54) is 0 Å². The third-order valence-electron chi connectivity index (χ3n) is 0.737. The summed E-state index contributed by atoms with van der Waals surface area (Å²) in [5.74, 6) is 4.91. The number of carbonyl (C=O) groups is 1. The molecule has 0 saturated carbocycles. The topological polar surface area (TPSA) is 29.1 Å². The fourth-order valence-corrected chi connectivity index (χ4v) is 0.426. The summed E-state index contributed by atoms with van der Waals surface area (Å²) in [7, 11) is 0. The first-order valence-electron chi connectivity index (χ1n) is 2.16. The third-order valence-corrected chi connectivity index (χ3v) is 0.737. The van der Waals surface area contributed by atoms with Crippen LogP contribution in [0.1, 0.15) is 6.42 Å². The molecule has 0 aromatic heterocycles. The Kier molecular flexibility index (Phi) is 0.991. The molecule has 0 radical (unpaired) electrons. The highest BCUT2D eigenvalue weighted by Gasteiger charge is 1.95. The highest BCUT2D eigenvalue weighted by atomic mass is 16.1. The van der Waals surface area contributed by atoms with Crippen LogP contribution in [0.25, 0.3) is 0 Å². The quantitative estimate of drug-likeness (QED) is 0.404. The van der Waals surface area contributed by atoms with Gasteiger partial charge in [0.25, 0.3) is 5.91 Å². The number of carbonyl (C=O) groups excluding carboxylic acids is 1. The molecule has 0 aromatic carbocycles. The summed E-state index contributed by atoms with van der Waals surface area (Å²) < 4.78 is 0. The van der Waals surface area contributed by atoms with E-state index in [2.05, 4.69) is 17.2 Å². The average Bonchev–Trinajstić information content (AvgIpc) is 1.69. The standard InChI is InChI=1S/C5H5NO/c7-5-3-1-2-4-6-5/h2,4H2,(H,6,7). The van der Waals surface area contributed by atoms with Gasteiger partial charge in [-0.25, -0.2) is 0 Å². The molecule has 1 amide bonds. The van der Waals surface area contributed by atoms with Gasteiger partial charge in [0.05, 0.1) is 0 Å². The minimum Gasteiger partial charge on any atom is -0.344 e. The molecular formula is C5H5NO. The molecule has 0 aliphatic carbocycles. The highest BCUT2D eigenvalue weighted by molar-refractivity contribution is 5.94. The molecule has 0 bridgehead atoms. The van der Waals surface area contributed by atoms with Gasteiger partial charge in [-0.3, -0.25) is 4.79 Å². The normalized spacial score (nSPS) is 16.9. The Morgan fingerprint density at radius 1 is 1.71 bits per heavy atom. The van der Waals surface area contributed by atoms with E-state index in [9.17, 15) is 4.79 Å². The zero-order valence-corrected chi connectivity index (χ0v) is 3.82. The van der Waals surface area contributed by atoms with E-state index in [0.717, 1.165) is 6.42 Å². The maximum absolute atomic E-state index is 10.2. The van der Waals surface area contributed by atoms with Gasteiger partial charge in [-0.2, -0.15) is 0 Å². The molecule has 0 aromatic rings. The second kappa shape index (κ2) is 1.65. The molecule has 36 valence electrons. The molecule has 1 N–H and O–H groups in total. The number of amides is 1. The molecule has 0 fully saturated rings. The summed E-state index contributed by atoms with van der Waals surface area (Å²) in [5, 5.41) is 2.57. The maximum Gasteiger partial charge on any atom is 0.295 e. The first-order valence-corrected chi connectivity index (χ1v) is 2.16. The molecule has 1 aliphatic rings. The van der Waals surface area contributed by atoms with Crippen molar-refractivity contribution >= 4 is 5.91 Å². The Bertz CT molecular complexity index is 140. The monoisotopic (exact) mass is 95.0 g/mol. The van der Waals surface area contributed by atoms with Gasteiger partial charge in [-0.05, 0) is 5.92 Å². The lowest BCUT2D eigenvalue weighted by Crippen LogP contribution is -2.24. The molecule has 1 heterocycles. The minimum atomic E-state index is -0.147. The van der Waals surface area contributed by atoms with E-state index >= 15 is 0 Å². The van der Waals surface area contributed by atoms with Crippen molar-refractivity contribution in [3.05, 3.63) is 0 Å². The van der Waals surface area contributed by atoms with Crippen molar-refractivity contribution in [2.75, 3.05) is 6.54 Å². The summed E-state index contributed by atoms with van der Waals surface area (Å²) in [5.41, 5.74) is 0. The van der Waals surface area contributed by atoms with E-state index in [1.807, 2.05) is 0 Å². The van der Waals surface area contributed by atoms with Gasteiger partial charge in [0.2, 0.25) is 0 Å². The van der Waals surface area contributed by atoms with Crippen LogP contribution in [0.3, 0.4) is 0 Å². The van der Waals surface area contributed by atoms with E-state index in [-0.39, 0.29) is 5.91 Å². The smallest absolute Gasteiger partial charge is 0.295 e. The lowest BCUT2D eigenvalue weighted by atomic mass is 10.3. The van der Waals surface area contributed by atoms with Crippen LogP contribution in [0.5, 0.6) is 0 Å². The number of hydrogen-bond acceptors (Lipinski definition) is 1. The molecule has 0 unspecified atom stereocenters. The number of hydrogen-bond donors (Lipinski definition) is 1. The Labute approximate surface area is 41.9 Å². The minimum absolute atomic E-state index is 0.147. The van der Waals surface area contributed by atoms with Crippen LogP contribution in [-0.2, 0) is 4.79 Å². The molecule has 0 spiro atoms. The molecule has 1 rings (SSSR count). The Morgan fingerprint density at radius 3 is 2.86 bits per heavy atom. The third kappa shape index (κ3) is 0.934. The molecule has 7 heavy (non-hydrogen) atoms. The SMILES string of the molecule is O=C1C#CCCN1. The molecular weight excluding hydrogens is 90.1 g/mol. The van der Waals surface area contributed by atoms with E-state index in [1.54, 1.807) is 0 Å².